The van der Waals surface area contributed by atoms with Gasteiger partial charge in [-0.3, -0.25) is 0 Å². The Morgan fingerprint density at radius 3 is 3.29 bits per heavy atom. The van der Waals surface area contributed by atoms with Gasteiger partial charge in [0, 0.05) is 12.8 Å². The van der Waals surface area contributed by atoms with E-state index in [4.69, 9.17) is 10.2 Å². The number of oxazole rings is 1. The van der Waals surface area contributed by atoms with Crippen molar-refractivity contribution in [2.24, 2.45) is 11.7 Å². The zero-order chi connectivity index (χ0) is 9.80. The molecule has 0 aliphatic carbocycles. The lowest BCUT2D eigenvalue weighted by atomic mass is 10.1. The number of rotatable bonds is 4. The van der Waals surface area contributed by atoms with Crippen LogP contribution in [0.5, 0.6) is 0 Å². The molecule has 1 aromatic heterocycles. The summed E-state index contributed by atoms with van der Waals surface area (Å²) in [5.41, 5.74) is 5.44. The van der Waals surface area contributed by atoms with Crippen molar-refractivity contribution < 1.29 is 4.42 Å². The van der Waals surface area contributed by atoms with Gasteiger partial charge in [-0.05, 0) is 30.4 Å². The molecule has 0 bridgehead atoms. The van der Waals surface area contributed by atoms with E-state index >= 15 is 0 Å². The van der Waals surface area contributed by atoms with E-state index in [9.17, 15) is 0 Å². The van der Waals surface area contributed by atoms with Crippen LogP contribution >= 0.6 is 11.8 Å². The predicted octanol–water partition coefficient (Wildman–Crippen LogP) is 1.47. The summed E-state index contributed by atoms with van der Waals surface area (Å²) in [6.45, 7) is 0.633. The SMILES string of the molecule is NCCc1cnc(CC2CCSC2)o1. The van der Waals surface area contributed by atoms with E-state index in [1.807, 2.05) is 18.0 Å². The normalized spacial score (nSPS) is 21.6. The first-order valence-corrected chi connectivity index (χ1v) is 6.25. The average molecular weight is 212 g/mol. The molecule has 0 saturated carbocycles. The molecule has 0 radical (unpaired) electrons. The second-order valence-electron chi connectivity index (χ2n) is 3.69. The Bertz CT molecular complexity index is 281. The molecule has 2 heterocycles. The summed E-state index contributed by atoms with van der Waals surface area (Å²) in [6.07, 6.45) is 4.91. The molecule has 3 nitrogen and oxygen atoms in total. The third-order valence-corrected chi connectivity index (χ3v) is 3.71. The standard InChI is InChI=1S/C10H16N2OS/c11-3-1-9-6-12-10(13-9)5-8-2-4-14-7-8/h6,8H,1-5,7,11H2. The van der Waals surface area contributed by atoms with Gasteiger partial charge in [0.05, 0.1) is 6.20 Å². The van der Waals surface area contributed by atoms with Crippen molar-refractivity contribution in [1.29, 1.82) is 0 Å². The second-order valence-corrected chi connectivity index (χ2v) is 4.84. The molecule has 2 rings (SSSR count). The molecule has 0 amide bonds. The number of nitrogens with two attached hydrogens (primary N) is 1. The van der Waals surface area contributed by atoms with Gasteiger partial charge in [0.2, 0.25) is 0 Å². The largest absolute Gasteiger partial charge is 0.446 e. The maximum absolute atomic E-state index is 5.59. The highest BCUT2D eigenvalue weighted by atomic mass is 32.2. The van der Waals surface area contributed by atoms with E-state index in [1.165, 1.54) is 17.9 Å². The summed E-state index contributed by atoms with van der Waals surface area (Å²) in [5.74, 6) is 5.13. The van der Waals surface area contributed by atoms with Crippen LogP contribution in [0.2, 0.25) is 0 Å². The van der Waals surface area contributed by atoms with E-state index in [2.05, 4.69) is 4.98 Å². The van der Waals surface area contributed by atoms with Crippen molar-refractivity contribution in [3.63, 3.8) is 0 Å². The Hall–Kier alpha value is -0.480. The van der Waals surface area contributed by atoms with E-state index in [0.29, 0.717) is 6.54 Å². The molecule has 1 unspecified atom stereocenters. The van der Waals surface area contributed by atoms with Crippen molar-refractivity contribution >= 4 is 11.8 Å². The Balaban J connectivity index is 1.88. The monoisotopic (exact) mass is 212 g/mol. The Morgan fingerprint density at radius 2 is 2.57 bits per heavy atom. The lowest BCUT2D eigenvalue weighted by molar-refractivity contribution is 0.422. The molecule has 0 aromatic carbocycles. The maximum atomic E-state index is 5.59. The smallest absolute Gasteiger partial charge is 0.194 e. The first-order chi connectivity index (χ1) is 6.88. The highest BCUT2D eigenvalue weighted by Crippen LogP contribution is 2.26. The zero-order valence-electron chi connectivity index (χ0n) is 8.24. The van der Waals surface area contributed by atoms with Gasteiger partial charge in [-0.25, -0.2) is 4.98 Å². The van der Waals surface area contributed by atoms with Crippen LogP contribution in [0.15, 0.2) is 10.6 Å². The van der Waals surface area contributed by atoms with Crippen molar-refractivity contribution in [3.8, 4) is 0 Å². The van der Waals surface area contributed by atoms with E-state index in [-0.39, 0.29) is 0 Å². The van der Waals surface area contributed by atoms with Crippen molar-refractivity contribution in [3.05, 3.63) is 17.8 Å². The molecule has 1 aromatic rings. The van der Waals surface area contributed by atoms with Crippen LogP contribution in [0.25, 0.3) is 0 Å². The molecule has 2 N–H and O–H groups in total. The van der Waals surface area contributed by atoms with E-state index in [1.54, 1.807) is 0 Å². The van der Waals surface area contributed by atoms with Gasteiger partial charge in [-0.15, -0.1) is 0 Å². The van der Waals surface area contributed by atoms with Crippen molar-refractivity contribution in [2.75, 3.05) is 18.1 Å². The minimum atomic E-state index is 0.633. The third kappa shape index (κ3) is 2.51. The molecule has 1 aliphatic rings. The Morgan fingerprint density at radius 1 is 1.64 bits per heavy atom. The van der Waals surface area contributed by atoms with Gasteiger partial charge < -0.3 is 10.2 Å². The number of thioether (sulfide) groups is 1. The van der Waals surface area contributed by atoms with Crippen LogP contribution in [-0.2, 0) is 12.8 Å². The molecule has 1 saturated heterocycles. The zero-order valence-corrected chi connectivity index (χ0v) is 9.05. The lowest BCUT2D eigenvalue weighted by Crippen LogP contribution is -2.03. The molecule has 14 heavy (non-hydrogen) atoms. The number of hydrogen-bond donors (Lipinski definition) is 1. The summed E-state index contributed by atoms with van der Waals surface area (Å²) < 4.78 is 5.59. The topological polar surface area (TPSA) is 52.0 Å². The second kappa shape index (κ2) is 4.84. The molecular formula is C10H16N2OS. The predicted molar refractivity (Wildman–Crippen MR) is 58.4 cm³/mol. The van der Waals surface area contributed by atoms with Crippen LogP contribution in [0.3, 0.4) is 0 Å². The van der Waals surface area contributed by atoms with E-state index < -0.39 is 0 Å². The summed E-state index contributed by atoms with van der Waals surface area (Å²) >= 11 is 2.03. The fraction of sp³-hybridized carbons (Fsp3) is 0.700. The number of nitrogens with zero attached hydrogens (tertiary/aromatic N) is 1. The van der Waals surface area contributed by atoms with Crippen LogP contribution in [0, 0.1) is 5.92 Å². The van der Waals surface area contributed by atoms with Gasteiger partial charge >= 0.3 is 0 Å². The molecule has 78 valence electrons. The highest BCUT2D eigenvalue weighted by molar-refractivity contribution is 7.99. The minimum Gasteiger partial charge on any atom is -0.446 e. The van der Waals surface area contributed by atoms with Gasteiger partial charge in [-0.1, -0.05) is 0 Å². The summed E-state index contributed by atoms with van der Waals surface area (Å²) in [5, 5.41) is 0. The van der Waals surface area contributed by atoms with Crippen LogP contribution in [-0.4, -0.2) is 23.0 Å². The first kappa shape index (κ1) is 10.1. The molecule has 1 atom stereocenters. The van der Waals surface area contributed by atoms with Crippen molar-refractivity contribution in [1.82, 2.24) is 4.98 Å². The van der Waals surface area contributed by atoms with Gasteiger partial charge in [0.1, 0.15) is 5.76 Å². The first-order valence-electron chi connectivity index (χ1n) is 5.10. The quantitative estimate of drug-likeness (QED) is 0.821. The summed E-state index contributed by atoms with van der Waals surface area (Å²) in [7, 11) is 0. The van der Waals surface area contributed by atoms with Crippen LogP contribution in [0.1, 0.15) is 18.1 Å². The van der Waals surface area contributed by atoms with Gasteiger partial charge in [0.15, 0.2) is 5.89 Å². The fourth-order valence-electron chi connectivity index (χ4n) is 1.69. The highest BCUT2D eigenvalue weighted by Gasteiger charge is 2.18. The lowest BCUT2D eigenvalue weighted by Gasteiger charge is -2.02. The molecule has 1 aliphatic heterocycles. The summed E-state index contributed by atoms with van der Waals surface area (Å²) in [4.78, 5) is 4.27. The number of aromatic nitrogens is 1. The molecular weight excluding hydrogens is 196 g/mol. The fourth-order valence-corrected chi connectivity index (χ4v) is 2.98. The average Bonchev–Trinajstić information content (AvgIpc) is 2.79. The van der Waals surface area contributed by atoms with E-state index in [0.717, 1.165) is 30.4 Å². The maximum Gasteiger partial charge on any atom is 0.194 e. The van der Waals surface area contributed by atoms with Gasteiger partial charge in [0.25, 0.3) is 0 Å². The molecule has 4 heteroatoms. The molecule has 0 spiro atoms. The summed E-state index contributed by atoms with van der Waals surface area (Å²) in [6, 6.07) is 0. The minimum absolute atomic E-state index is 0.633. The Labute approximate surface area is 88.5 Å². The van der Waals surface area contributed by atoms with Crippen LogP contribution < -0.4 is 5.73 Å². The van der Waals surface area contributed by atoms with Crippen molar-refractivity contribution in [2.45, 2.75) is 19.3 Å². The van der Waals surface area contributed by atoms with Gasteiger partial charge in [-0.2, -0.15) is 11.8 Å². The Kier molecular flexibility index (Phi) is 3.48. The third-order valence-electron chi connectivity index (χ3n) is 2.48. The van der Waals surface area contributed by atoms with Crippen LogP contribution in [0.4, 0.5) is 0 Å². The molecule has 1 fully saturated rings. The number of hydrogen-bond acceptors (Lipinski definition) is 4.